The number of ether oxygens (including phenoxy) is 1. The maximum Gasteiger partial charge on any atom is 0.309 e. The Morgan fingerprint density at radius 1 is 0.544 bits per heavy atom. The Morgan fingerprint density at radius 2 is 0.937 bits per heavy atom. The number of hydrogen-bond donors (Lipinski definition) is 3. The minimum absolute atomic E-state index is 0.145. The van der Waals surface area contributed by atoms with Gasteiger partial charge in [-0.05, 0) is 81.1 Å². The molecule has 0 aliphatic carbocycles. The number of hydrogen-bond acceptors (Lipinski definition) is 8. The Morgan fingerprint density at radius 3 is 1.32 bits per heavy atom. The highest BCUT2D eigenvalue weighted by molar-refractivity contribution is 8.00. The number of cyclic esters (lactones) is 1. The van der Waals surface area contributed by atoms with Crippen LogP contribution in [0.4, 0.5) is 0 Å². The van der Waals surface area contributed by atoms with Crippen molar-refractivity contribution in [2.24, 2.45) is 5.92 Å². The number of benzene rings is 6. The average Bonchev–Trinajstić information content (AvgIpc) is 3.61. The number of nitrogens with one attached hydrogen (secondary N) is 3. The summed E-state index contributed by atoms with van der Waals surface area (Å²) in [5.74, 6) is -1.32. The normalized spacial score (nSPS) is 19.4. The van der Waals surface area contributed by atoms with Crippen LogP contribution in [0.5, 0.6) is 0 Å². The van der Waals surface area contributed by atoms with Gasteiger partial charge in [0, 0.05) is 5.75 Å². The highest BCUT2D eigenvalue weighted by Crippen LogP contribution is 2.50. The Bertz CT molecular complexity index is 2680. The number of esters is 1. The van der Waals surface area contributed by atoms with Gasteiger partial charge in [0.15, 0.2) is 0 Å². The molecule has 0 spiro atoms. The zero-order valence-electron chi connectivity index (χ0n) is 47.5. The van der Waals surface area contributed by atoms with Gasteiger partial charge in [0.05, 0.1) is 34.5 Å². The SMILES string of the molecule is CC(C)C1NC(=O)C(CSC(c2ccccc2)(c2ccccc2)c2ccccc2)NC(=O)[C@@H](C)NC(=O)C[C@@H](/C=C/CCSC(c2ccccc2)(c2ccccc2)c2ccccc2)OC(=O)C[C@@H]1O[Si](C(C)C)(C(C)C)C(C)C. The molecular formula is C67H81N3O6S2Si. The molecule has 12 heteroatoms. The minimum Gasteiger partial charge on any atom is -0.457 e. The smallest absolute Gasteiger partial charge is 0.309 e. The number of allylic oxidation sites excluding steroid dienone is 1. The molecule has 1 saturated heterocycles. The lowest BCUT2D eigenvalue weighted by atomic mass is 9.84. The zero-order chi connectivity index (χ0) is 56.6. The second-order valence-electron chi connectivity index (χ2n) is 22.0. The van der Waals surface area contributed by atoms with E-state index in [1.165, 1.54) is 0 Å². The first-order chi connectivity index (χ1) is 38.0. The van der Waals surface area contributed by atoms with Crippen LogP contribution in [0.25, 0.3) is 0 Å². The van der Waals surface area contributed by atoms with Gasteiger partial charge in [-0.3, -0.25) is 19.2 Å². The summed E-state index contributed by atoms with van der Waals surface area (Å²) in [5, 5.41) is 9.34. The lowest BCUT2D eigenvalue weighted by Gasteiger charge is -2.46. The highest BCUT2D eigenvalue weighted by atomic mass is 32.2. The van der Waals surface area contributed by atoms with E-state index in [1.807, 2.05) is 104 Å². The summed E-state index contributed by atoms with van der Waals surface area (Å²) in [5.41, 5.74) is 6.98. The summed E-state index contributed by atoms with van der Waals surface area (Å²) in [6.07, 6.45) is 2.25. The van der Waals surface area contributed by atoms with Crippen LogP contribution in [0.3, 0.4) is 0 Å². The molecule has 6 aromatic rings. The van der Waals surface area contributed by atoms with Crippen molar-refractivity contribution in [1.82, 2.24) is 16.0 Å². The third-order valence-corrected chi connectivity index (χ3v) is 24.8. The minimum atomic E-state index is -2.72. The van der Waals surface area contributed by atoms with Crippen molar-refractivity contribution in [3.63, 3.8) is 0 Å². The van der Waals surface area contributed by atoms with Crippen molar-refractivity contribution in [3.05, 3.63) is 228 Å². The molecular weight excluding hydrogens is 1030 g/mol. The maximum atomic E-state index is 15.3. The number of rotatable bonds is 20. The summed E-state index contributed by atoms with van der Waals surface area (Å²) in [7, 11) is -2.72. The van der Waals surface area contributed by atoms with Crippen LogP contribution in [-0.4, -0.2) is 73.8 Å². The van der Waals surface area contributed by atoms with Crippen LogP contribution in [0, 0.1) is 5.92 Å². The van der Waals surface area contributed by atoms with Gasteiger partial charge in [-0.25, -0.2) is 0 Å². The maximum absolute atomic E-state index is 15.3. The van der Waals surface area contributed by atoms with Crippen molar-refractivity contribution in [2.75, 3.05) is 11.5 Å². The van der Waals surface area contributed by atoms with E-state index in [9.17, 15) is 14.4 Å². The van der Waals surface area contributed by atoms with Crippen molar-refractivity contribution in [2.45, 2.75) is 138 Å². The lowest BCUT2D eigenvalue weighted by Crippen LogP contribution is -2.60. The van der Waals surface area contributed by atoms with Gasteiger partial charge in [0.2, 0.25) is 26.0 Å². The average molecular weight is 1120 g/mol. The number of carbonyl (C=O) groups is 4. The first-order valence-electron chi connectivity index (χ1n) is 28.1. The van der Waals surface area contributed by atoms with Gasteiger partial charge < -0.3 is 25.1 Å². The Labute approximate surface area is 480 Å². The Hall–Kier alpha value is -6.18. The number of amides is 3. The lowest BCUT2D eigenvalue weighted by molar-refractivity contribution is -0.151. The fraction of sp³-hybridized carbons (Fsp3) is 0.373. The molecule has 0 aromatic heterocycles. The topological polar surface area (TPSA) is 123 Å². The van der Waals surface area contributed by atoms with Crippen LogP contribution < -0.4 is 16.0 Å². The van der Waals surface area contributed by atoms with Crippen molar-refractivity contribution >= 4 is 55.5 Å². The molecule has 0 radical (unpaired) electrons. The molecule has 7 rings (SSSR count). The van der Waals surface area contributed by atoms with E-state index in [4.69, 9.17) is 9.16 Å². The molecule has 416 valence electrons. The van der Waals surface area contributed by atoms with E-state index < -0.39 is 71.8 Å². The summed E-state index contributed by atoms with van der Waals surface area (Å²) < 4.78 is 12.6. The molecule has 0 saturated carbocycles. The predicted molar refractivity (Wildman–Crippen MR) is 328 cm³/mol. The second kappa shape index (κ2) is 28.3. The van der Waals surface area contributed by atoms with Gasteiger partial charge in [0.25, 0.3) is 0 Å². The summed E-state index contributed by atoms with van der Waals surface area (Å²) in [4.78, 5) is 58.7. The Balaban J connectivity index is 1.23. The first-order valence-corrected chi connectivity index (χ1v) is 32.2. The van der Waals surface area contributed by atoms with Gasteiger partial charge in [-0.15, -0.1) is 23.5 Å². The van der Waals surface area contributed by atoms with Gasteiger partial charge >= 0.3 is 5.97 Å². The molecule has 1 aliphatic rings. The first kappa shape index (κ1) is 60.5. The molecule has 1 fully saturated rings. The predicted octanol–water partition coefficient (Wildman–Crippen LogP) is 13.8. The van der Waals surface area contributed by atoms with E-state index in [0.717, 1.165) is 33.4 Å². The fourth-order valence-electron chi connectivity index (χ4n) is 11.7. The third kappa shape index (κ3) is 14.4. The van der Waals surface area contributed by atoms with Crippen LogP contribution in [0.15, 0.2) is 194 Å². The van der Waals surface area contributed by atoms with Crippen molar-refractivity contribution in [3.8, 4) is 0 Å². The molecule has 3 N–H and O–H groups in total. The van der Waals surface area contributed by atoms with E-state index in [0.29, 0.717) is 12.2 Å². The van der Waals surface area contributed by atoms with E-state index in [-0.39, 0.29) is 41.1 Å². The van der Waals surface area contributed by atoms with E-state index >= 15 is 4.79 Å². The van der Waals surface area contributed by atoms with E-state index in [2.05, 4.69) is 167 Å². The molecule has 2 unspecified atom stereocenters. The van der Waals surface area contributed by atoms with E-state index in [1.54, 1.807) is 24.8 Å². The molecule has 1 aliphatic heterocycles. The highest BCUT2D eigenvalue weighted by Gasteiger charge is 2.49. The molecule has 6 aromatic carbocycles. The molecule has 0 bridgehead atoms. The largest absolute Gasteiger partial charge is 0.457 e. The molecule has 5 atom stereocenters. The van der Waals surface area contributed by atoms with Crippen LogP contribution in [-0.2, 0) is 37.8 Å². The molecule has 1 heterocycles. The number of carbonyl (C=O) groups excluding carboxylic acids is 4. The van der Waals surface area contributed by atoms with Crippen LogP contribution in [0.2, 0.25) is 16.6 Å². The van der Waals surface area contributed by atoms with Crippen LogP contribution in [0.1, 0.15) is 115 Å². The summed E-state index contributed by atoms with van der Waals surface area (Å²) >= 11 is 3.39. The summed E-state index contributed by atoms with van der Waals surface area (Å²) in [6, 6.07) is 59.5. The third-order valence-electron chi connectivity index (χ3n) is 15.4. The number of thioether (sulfide) groups is 2. The fourth-order valence-corrected chi connectivity index (χ4v) is 20.3. The molecule has 9 nitrogen and oxygen atoms in total. The summed E-state index contributed by atoms with van der Waals surface area (Å²) in [6.45, 7) is 18.8. The second-order valence-corrected chi connectivity index (χ2v) is 29.9. The van der Waals surface area contributed by atoms with Gasteiger partial charge in [-0.1, -0.05) is 243 Å². The zero-order valence-corrected chi connectivity index (χ0v) is 50.1. The van der Waals surface area contributed by atoms with Crippen LogP contribution >= 0.6 is 23.5 Å². The standard InChI is InChI=1S/C67H81N3O6S2Si/c1-47(2)63-60(76-79(48(3)4,49(5)6)50(7)8)45-62(72)75-58(42-28-29-43-77-66(52-30-16-10-17-31-52,53-32-18-11-19-33-53)54-34-20-12-21-35-54)44-61(71)68-51(9)64(73)69-59(65(74)70-63)46-78-67(55-36-22-13-23-37-55,56-38-24-14-25-39-56)57-40-26-15-27-41-57/h10-28,30-42,47-51,58-60,63H,29,43-46H2,1-9H3,(H,68,71)(H,69,73)(H,70,74)/b42-28+/t51-,58-,59?,60+,63?/m1/s1. The van der Waals surface area contributed by atoms with Gasteiger partial charge in [-0.2, -0.15) is 0 Å². The Kier molecular flexibility index (Phi) is 21.7. The molecule has 79 heavy (non-hydrogen) atoms. The van der Waals surface area contributed by atoms with Crippen molar-refractivity contribution in [1.29, 1.82) is 0 Å². The quantitative estimate of drug-likeness (QED) is 0.0227. The van der Waals surface area contributed by atoms with Gasteiger partial charge in [0.1, 0.15) is 18.2 Å². The van der Waals surface area contributed by atoms with Crippen molar-refractivity contribution < 1.29 is 28.3 Å². The molecule has 3 amide bonds. The monoisotopic (exact) mass is 1120 g/mol.